The molecule has 150 valence electrons. The van der Waals surface area contributed by atoms with Gasteiger partial charge in [0.1, 0.15) is 5.75 Å². The number of aliphatic hydroxyl groups is 1. The third-order valence-electron chi connectivity index (χ3n) is 6.36. The number of halogens is 1. The lowest BCUT2D eigenvalue weighted by Gasteiger charge is -2.47. The van der Waals surface area contributed by atoms with Crippen molar-refractivity contribution in [1.29, 1.82) is 0 Å². The number of hydrogen-bond acceptors (Lipinski definition) is 4. The van der Waals surface area contributed by atoms with Crippen molar-refractivity contribution in [3.05, 3.63) is 88.1 Å². The molecule has 1 N–H and O–H groups in total. The van der Waals surface area contributed by atoms with Crippen LogP contribution in [0.15, 0.2) is 82.1 Å². The van der Waals surface area contributed by atoms with Gasteiger partial charge in [-0.2, -0.15) is 5.10 Å². The minimum atomic E-state index is -0.730. The van der Waals surface area contributed by atoms with Crippen molar-refractivity contribution in [3.8, 4) is 5.75 Å². The molecule has 30 heavy (non-hydrogen) atoms. The van der Waals surface area contributed by atoms with E-state index >= 15 is 0 Å². The van der Waals surface area contributed by atoms with Crippen LogP contribution in [0.5, 0.6) is 5.75 Å². The smallest absolute Gasteiger partial charge is 0.220 e. The first kappa shape index (κ1) is 18.0. The molecule has 4 nitrogen and oxygen atoms in total. The van der Waals surface area contributed by atoms with Gasteiger partial charge in [0.15, 0.2) is 0 Å². The molecule has 0 amide bonds. The van der Waals surface area contributed by atoms with Gasteiger partial charge >= 0.3 is 0 Å². The zero-order valence-corrected chi connectivity index (χ0v) is 18.0. The lowest BCUT2D eigenvalue weighted by molar-refractivity contribution is -0.0944. The summed E-state index contributed by atoms with van der Waals surface area (Å²) in [5.74, 6) is 1.26. The highest BCUT2D eigenvalue weighted by Gasteiger charge is 2.50. The molecule has 1 spiro atoms. The summed E-state index contributed by atoms with van der Waals surface area (Å²) in [6.07, 6.45) is 5.04. The molecule has 0 saturated carbocycles. The molecule has 0 unspecified atom stereocenters. The van der Waals surface area contributed by atoms with E-state index in [1.807, 2.05) is 18.2 Å². The van der Waals surface area contributed by atoms with Gasteiger partial charge in [-0.3, -0.25) is 0 Å². The summed E-state index contributed by atoms with van der Waals surface area (Å²) in [7, 11) is 0. The molecule has 3 aromatic carbocycles. The van der Waals surface area contributed by atoms with E-state index in [1.165, 1.54) is 10.8 Å². The lowest BCUT2D eigenvalue weighted by Crippen LogP contribution is -2.53. The zero-order chi connectivity index (χ0) is 20.3. The number of allylic oxidation sites excluding steroid dienone is 1. The largest absolute Gasteiger partial charge is 0.512 e. The molecule has 6 rings (SSSR count). The second-order valence-corrected chi connectivity index (χ2v) is 9.21. The van der Waals surface area contributed by atoms with Crippen LogP contribution in [0, 0.1) is 0 Å². The molecule has 0 saturated heterocycles. The number of hydrogen-bond donors (Lipinski definition) is 1. The van der Waals surface area contributed by atoms with Gasteiger partial charge in [0.2, 0.25) is 5.72 Å². The summed E-state index contributed by atoms with van der Waals surface area (Å²) in [5, 5.41) is 19.9. The van der Waals surface area contributed by atoms with Crippen LogP contribution in [-0.4, -0.2) is 21.6 Å². The van der Waals surface area contributed by atoms with E-state index in [0.29, 0.717) is 12.2 Å². The molecule has 2 heterocycles. The molecule has 5 heteroatoms. The van der Waals surface area contributed by atoms with Crippen LogP contribution >= 0.6 is 15.9 Å². The average molecular weight is 461 g/mol. The van der Waals surface area contributed by atoms with Gasteiger partial charge in [-0.15, -0.1) is 0 Å². The predicted octanol–water partition coefficient (Wildman–Crippen LogP) is 6.47. The summed E-state index contributed by atoms with van der Waals surface area (Å²) >= 11 is 3.61. The Kier molecular flexibility index (Phi) is 3.97. The maximum atomic E-state index is 10.3. The minimum absolute atomic E-state index is 0.0786. The van der Waals surface area contributed by atoms with Crippen LogP contribution in [0.3, 0.4) is 0 Å². The van der Waals surface area contributed by atoms with Crippen molar-refractivity contribution in [2.45, 2.75) is 37.5 Å². The summed E-state index contributed by atoms with van der Waals surface area (Å²) in [5.41, 5.74) is 2.60. The first-order valence-corrected chi connectivity index (χ1v) is 11.2. The Morgan fingerprint density at radius 3 is 2.80 bits per heavy atom. The normalized spacial score (nSPS) is 24.8. The molecule has 3 aliphatic rings. The Morgan fingerprint density at radius 2 is 1.93 bits per heavy atom. The maximum Gasteiger partial charge on any atom is 0.220 e. The summed E-state index contributed by atoms with van der Waals surface area (Å²) in [4.78, 5) is 0. The molecule has 1 aliphatic carbocycles. The Balaban J connectivity index is 1.49. The van der Waals surface area contributed by atoms with Crippen LogP contribution in [-0.2, 0) is 0 Å². The molecule has 3 aromatic rings. The summed E-state index contributed by atoms with van der Waals surface area (Å²) in [6, 6.07) is 21.2. The van der Waals surface area contributed by atoms with Crippen molar-refractivity contribution < 1.29 is 9.84 Å². The van der Waals surface area contributed by atoms with Crippen molar-refractivity contribution in [3.63, 3.8) is 0 Å². The first-order chi connectivity index (χ1) is 14.6. The average Bonchev–Trinajstić information content (AvgIpc) is 3.21. The first-order valence-electron chi connectivity index (χ1n) is 10.4. The number of rotatable bonds is 1. The molecule has 0 aromatic heterocycles. The molecule has 0 bridgehead atoms. The minimum Gasteiger partial charge on any atom is -0.512 e. The summed E-state index contributed by atoms with van der Waals surface area (Å²) < 4.78 is 7.55. The fraction of sp³-hybridized carbons (Fsp3) is 0.240. The number of ether oxygens (including phenoxy) is 1. The van der Waals surface area contributed by atoms with Gasteiger partial charge in [0.05, 0.1) is 17.5 Å². The lowest BCUT2D eigenvalue weighted by atomic mass is 9.90. The Hall–Kier alpha value is -2.79. The third kappa shape index (κ3) is 2.76. The summed E-state index contributed by atoms with van der Waals surface area (Å²) in [6.45, 7) is 0. The molecular weight excluding hydrogens is 440 g/mol. The fourth-order valence-electron chi connectivity index (χ4n) is 4.94. The molecule has 0 fully saturated rings. The zero-order valence-electron chi connectivity index (χ0n) is 16.4. The van der Waals surface area contributed by atoms with Crippen LogP contribution < -0.4 is 4.74 Å². The van der Waals surface area contributed by atoms with Crippen LogP contribution in [0.25, 0.3) is 10.8 Å². The van der Waals surface area contributed by atoms with Crippen LogP contribution in [0.4, 0.5) is 0 Å². The van der Waals surface area contributed by atoms with Gasteiger partial charge < -0.3 is 9.84 Å². The monoisotopic (exact) mass is 460 g/mol. The fourth-order valence-corrected chi connectivity index (χ4v) is 5.32. The number of benzene rings is 3. The number of fused-ring (bicyclic) bond motifs is 5. The highest BCUT2D eigenvalue weighted by Crippen LogP contribution is 2.50. The van der Waals surface area contributed by atoms with Crippen molar-refractivity contribution in [2.75, 3.05) is 0 Å². The standard InChI is InChI=1S/C25H21BrN2O2/c26-19-9-10-24-21(13-19)23-14-22(18-8-7-16-4-1-2-5-17(16)12-18)27-28(23)25(30-24)11-3-6-20(29)15-25/h1-2,4-5,7-10,12-13,15,23,29H,3,6,11,14H2/t23-,25-/m0/s1. The SMILES string of the molecule is OC1=C[C@]2(CCC1)Oc1ccc(Br)cc1[C@@H]1CC(c3ccc4ccccc4c3)=NN12. The Morgan fingerprint density at radius 1 is 1.07 bits per heavy atom. The van der Waals surface area contributed by atoms with E-state index in [9.17, 15) is 5.11 Å². The second-order valence-electron chi connectivity index (χ2n) is 8.29. The number of hydrazone groups is 1. The van der Waals surface area contributed by atoms with Crippen LogP contribution in [0.1, 0.15) is 42.9 Å². The quantitative estimate of drug-likeness (QED) is 0.452. The highest BCUT2D eigenvalue weighted by atomic mass is 79.9. The molecule has 2 atom stereocenters. The van der Waals surface area contributed by atoms with Gasteiger partial charge in [0, 0.05) is 35.4 Å². The Bertz CT molecular complexity index is 1230. The van der Waals surface area contributed by atoms with E-state index < -0.39 is 5.72 Å². The molecule has 2 aliphatic heterocycles. The van der Waals surface area contributed by atoms with Gasteiger partial charge in [-0.05, 0) is 47.0 Å². The van der Waals surface area contributed by atoms with E-state index in [2.05, 4.69) is 69.5 Å². The van der Waals surface area contributed by atoms with Gasteiger partial charge in [-0.1, -0.05) is 52.3 Å². The second kappa shape index (κ2) is 6.61. The number of nitrogens with zero attached hydrogens (tertiary/aromatic N) is 2. The molecule has 0 radical (unpaired) electrons. The van der Waals surface area contributed by atoms with E-state index in [4.69, 9.17) is 9.84 Å². The Labute approximate surface area is 183 Å². The van der Waals surface area contributed by atoms with E-state index in [-0.39, 0.29) is 6.04 Å². The van der Waals surface area contributed by atoms with Crippen molar-refractivity contribution in [1.82, 2.24) is 5.01 Å². The van der Waals surface area contributed by atoms with E-state index in [1.54, 1.807) is 0 Å². The van der Waals surface area contributed by atoms with Gasteiger partial charge in [-0.25, -0.2) is 5.01 Å². The predicted molar refractivity (Wildman–Crippen MR) is 122 cm³/mol. The topological polar surface area (TPSA) is 45.1 Å². The van der Waals surface area contributed by atoms with Crippen molar-refractivity contribution in [2.24, 2.45) is 5.10 Å². The third-order valence-corrected chi connectivity index (χ3v) is 6.85. The highest BCUT2D eigenvalue weighted by molar-refractivity contribution is 9.10. The van der Waals surface area contributed by atoms with Crippen LogP contribution in [0.2, 0.25) is 0 Å². The van der Waals surface area contributed by atoms with Crippen molar-refractivity contribution >= 4 is 32.4 Å². The van der Waals surface area contributed by atoms with E-state index in [0.717, 1.165) is 46.3 Å². The maximum absolute atomic E-state index is 10.3. The van der Waals surface area contributed by atoms with Gasteiger partial charge in [0.25, 0.3) is 0 Å². The number of aliphatic hydroxyl groups excluding tert-OH is 1. The molecular formula is C25H21BrN2O2.